The van der Waals surface area contributed by atoms with E-state index in [1.165, 1.54) is 0 Å². The Kier molecular flexibility index (Phi) is 7.31. The van der Waals surface area contributed by atoms with E-state index in [9.17, 15) is 9.59 Å². The van der Waals surface area contributed by atoms with Crippen molar-refractivity contribution in [1.29, 1.82) is 0 Å². The van der Waals surface area contributed by atoms with Crippen LogP contribution < -0.4 is 5.32 Å². The van der Waals surface area contributed by atoms with Gasteiger partial charge in [-0.3, -0.25) is 9.59 Å². The minimum Gasteiger partial charge on any atom is -0.481 e. The highest BCUT2D eigenvalue weighted by Crippen LogP contribution is 2.16. The molecule has 1 aromatic rings. The number of ether oxygens (including phenoxy) is 2. The van der Waals surface area contributed by atoms with Crippen LogP contribution in [0.2, 0.25) is 0 Å². The van der Waals surface area contributed by atoms with Crippen LogP contribution in [0.4, 0.5) is 5.69 Å². The molecule has 1 rings (SSSR count). The van der Waals surface area contributed by atoms with Crippen LogP contribution in [0.3, 0.4) is 0 Å². The standard InChI is InChI=1S/C14H19NO5/c1-19-8-9-20-10-13(16)15-12-5-3-2-4-11(12)6-7-14(17)18/h2-5H,6-10H2,1H3,(H,15,16)(H,17,18). The Labute approximate surface area is 117 Å². The summed E-state index contributed by atoms with van der Waals surface area (Å²) in [6, 6.07) is 7.13. The van der Waals surface area contributed by atoms with E-state index in [0.717, 1.165) is 5.56 Å². The van der Waals surface area contributed by atoms with Gasteiger partial charge in [-0.2, -0.15) is 0 Å². The highest BCUT2D eigenvalue weighted by Gasteiger charge is 2.08. The third-order valence-corrected chi connectivity index (χ3v) is 2.56. The second-order valence-corrected chi connectivity index (χ2v) is 4.14. The molecule has 2 N–H and O–H groups in total. The summed E-state index contributed by atoms with van der Waals surface area (Å²) in [5.41, 5.74) is 1.41. The van der Waals surface area contributed by atoms with Crippen LogP contribution in [-0.2, 0) is 25.5 Å². The molecule has 20 heavy (non-hydrogen) atoms. The first kappa shape index (κ1) is 16.1. The zero-order valence-electron chi connectivity index (χ0n) is 11.4. The Morgan fingerprint density at radius 1 is 1.25 bits per heavy atom. The lowest BCUT2D eigenvalue weighted by atomic mass is 10.1. The molecule has 110 valence electrons. The number of carbonyl (C=O) groups is 2. The van der Waals surface area contributed by atoms with Gasteiger partial charge in [0.05, 0.1) is 13.2 Å². The van der Waals surface area contributed by atoms with Crippen molar-refractivity contribution in [3.8, 4) is 0 Å². The maximum Gasteiger partial charge on any atom is 0.303 e. The first-order chi connectivity index (χ1) is 9.63. The highest BCUT2D eigenvalue weighted by atomic mass is 16.5. The summed E-state index contributed by atoms with van der Waals surface area (Å²) in [4.78, 5) is 22.3. The third kappa shape index (κ3) is 6.31. The molecule has 0 aliphatic rings. The number of anilines is 1. The van der Waals surface area contributed by atoms with Crippen molar-refractivity contribution in [2.75, 3.05) is 32.2 Å². The van der Waals surface area contributed by atoms with Crippen LogP contribution in [0.15, 0.2) is 24.3 Å². The monoisotopic (exact) mass is 281 g/mol. The predicted molar refractivity (Wildman–Crippen MR) is 73.7 cm³/mol. The van der Waals surface area contributed by atoms with Crippen molar-refractivity contribution >= 4 is 17.6 Å². The van der Waals surface area contributed by atoms with Crippen molar-refractivity contribution in [3.63, 3.8) is 0 Å². The average Bonchev–Trinajstić information content (AvgIpc) is 2.42. The summed E-state index contributed by atoms with van der Waals surface area (Å²) in [7, 11) is 1.56. The van der Waals surface area contributed by atoms with Gasteiger partial charge in [-0.15, -0.1) is 0 Å². The van der Waals surface area contributed by atoms with Gasteiger partial charge >= 0.3 is 5.97 Å². The first-order valence-electron chi connectivity index (χ1n) is 6.29. The van der Waals surface area contributed by atoms with Crippen molar-refractivity contribution in [3.05, 3.63) is 29.8 Å². The Morgan fingerprint density at radius 3 is 2.70 bits per heavy atom. The maximum atomic E-state index is 11.7. The van der Waals surface area contributed by atoms with Gasteiger partial charge in [0.25, 0.3) is 0 Å². The molecule has 1 aromatic carbocycles. The van der Waals surface area contributed by atoms with E-state index in [-0.39, 0.29) is 18.9 Å². The van der Waals surface area contributed by atoms with Gasteiger partial charge in [0.15, 0.2) is 0 Å². The molecule has 0 saturated carbocycles. The van der Waals surface area contributed by atoms with Gasteiger partial charge in [-0.25, -0.2) is 0 Å². The molecule has 0 saturated heterocycles. The number of methoxy groups -OCH3 is 1. The van der Waals surface area contributed by atoms with E-state index in [0.29, 0.717) is 25.3 Å². The zero-order chi connectivity index (χ0) is 14.8. The molecule has 0 fully saturated rings. The molecule has 0 unspecified atom stereocenters. The number of aryl methyl sites for hydroxylation is 1. The minimum atomic E-state index is -0.867. The van der Waals surface area contributed by atoms with Crippen LogP contribution >= 0.6 is 0 Å². The summed E-state index contributed by atoms with van der Waals surface area (Å²) in [6.07, 6.45) is 0.396. The molecule has 0 aliphatic heterocycles. The molecular formula is C14H19NO5. The van der Waals surface area contributed by atoms with Gasteiger partial charge in [-0.1, -0.05) is 18.2 Å². The van der Waals surface area contributed by atoms with Gasteiger partial charge < -0.3 is 19.9 Å². The number of carboxylic acid groups (broad SMARTS) is 1. The van der Waals surface area contributed by atoms with Gasteiger partial charge in [0.1, 0.15) is 6.61 Å². The molecule has 1 amide bonds. The number of benzene rings is 1. The molecule has 0 heterocycles. The second kappa shape index (κ2) is 9.06. The first-order valence-corrected chi connectivity index (χ1v) is 6.29. The predicted octanol–water partition coefficient (Wildman–Crippen LogP) is 1.31. The van der Waals surface area contributed by atoms with E-state index in [2.05, 4.69) is 5.32 Å². The molecule has 0 bridgehead atoms. The lowest BCUT2D eigenvalue weighted by Gasteiger charge is -2.10. The van der Waals surface area contributed by atoms with Crippen LogP contribution in [0.5, 0.6) is 0 Å². The lowest BCUT2D eigenvalue weighted by molar-refractivity contribution is -0.137. The second-order valence-electron chi connectivity index (χ2n) is 4.14. The van der Waals surface area contributed by atoms with Gasteiger partial charge in [0.2, 0.25) is 5.91 Å². The Morgan fingerprint density at radius 2 is 2.00 bits per heavy atom. The zero-order valence-corrected chi connectivity index (χ0v) is 11.4. The summed E-state index contributed by atoms with van der Waals surface area (Å²) < 4.78 is 9.92. The summed E-state index contributed by atoms with van der Waals surface area (Å²) in [6.45, 7) is 0.726. The maximum absolute atomic E-state index is 11.7. The van der Waals surface area contributed by atoms with E-state index >= 15 is 0 Å². The summed E-state index contributed by atoms with van der Waals surface area (Å²) in [5.74, 6) is -1.14. The molecule has 0 aliphatic carbocycles. The number of aliphatic carboxylic acids is 1. The number of para-hydroxylation sites is 1. The smallest absolute Gasteiger partial charge is 0.303 e. The molecule has 0 spiro atoms. The van der Waals surface area contributed by atoms with Gasteiger partial charge in [0, 0.05) is 19.2 Å². The van der Waals surface area contributed by atoms with Crippen LogP contribution in [-0.4, -0.2) is 43.9 Å². The Bertz CT molecular complexity index is 447. The van der Waals surface area contributed by atoms with E-state index < -0.39 is 5.97 Å². The van der Waals surface area contributed by atoms with Crippen LogP contribution in [0, 0.1) is 0 Å². The fourth-order valence-electron chi connectivity index (χ4n) is 1.60. The van der Waals surface area contributed by atoms with Crippen molar-refractivity contribution < 1.29 is 24.2 Å². The summed E-state index contributed by atoms with van der Waals surface area (Å²) >= 11 is 0. The fourth-order valence-corrected chi connectivity index (χ4v) is 1.60. The lowest BCUT2D eigenvalue weighted by Crippen LogP contribution is -2.20. The van der Waals surface area contributed by atoms with E-state index in [1.54, 1.807) is 25.3 Å². The van der Waals surface area contributed by atoms with Crippen molar-refractivity contribution in [1.82, 2.24) is 0 Å². The molecule has 0 atom stereocenters. The molecule has 6 nitrogen and oxygen atoms in total. The normalized spacial score (nSPS) is 10.2. The average molecular weight is 281 g/mol. The number of hydrogen-bond donors (Lipinski definition) is 2. The summed E-state index contributed by atoms with van der Waals surface area (Å²) in [5, 5.41) is 11.4. The Balaban J connectivity index is 2.49. The Hall–Kier alpha value is -1.92. The van der Waals surface area contributed by atoms with E-state index in [1.807, 2.05) is 6.07 Å². The number of nitrogens with one attached hydrogen (secondary N) is 1. The fraction of sp³-hybridized carbons (Fsp3) is 0.429. The number of carboxylic acids is 1. The largest absolute Gasteiger partial charge is 0.481 e. The van der Waals surface area contributed by atoms with Crippen molar-refractivity contribution in [2.24, 2.45) is 0 Å². The SMILES string of the molecule is COCCOCC(=O)Nc1ccccc1CCC(=O)O. The number of hydrogen-bond acceptors (Lipinski definition) is 4. The number of carbonyl (C=O) groups excluding carboxylic acids is 1. The quantitative estimate of drug-likeness (QED) is 0.667. The third-order valence-electron chi connectivity index (χ3n) is 2.56. The topological polar surface area (TPSA) is 84.9 Å². The van der Waals surface area contributed by atoms with E-state index in [4.69, 9.17) is 14.6 Å². The molecule has 6 heteroatoms. The number of rotatable bonds is 9. The molecule has 0 radical (unpaired) electrons. The highest BCUT2D eigenvalue weighted by molar-refractivity contribution is 5.92. The van der Waals surface area contributed by atoms with Gasteiger partial charge in [-0.05, 0) is 18.1 Å². The van der Waals surface area contributed by atoms with Crippen LogP contribution in [0.25, 0.3) is 0 Å². The van der Waals surface area contributed by atoms with Crippen molar-refractivity contribution in [2.45, 2.75) is 12.8 Å². The minimum absolute atomic E-state index is 0.0250. The molecular weight excluding hydrogens is 262 g/mol. The molecule has 0 aromatic heterocycles. The van der Waals surface area contributed by atoms with Crippen LogP contribution in [0.1, 0.15) is 12.0 Å². The number of amides is 1.